The van der Waals surface area contributed by atoms with Crippen LogP contribution in [0.1, 0.15) is 36.5 Å². The van der Waals surface area contributed by atoms with Gasteiger partial charge in [-0.3, -0.25) is 4.79 Å². The molecule has 172 valence electrons. The molecule has 0 aliphatic heterocycles. The van der Waals surface area contributed by atoms with Crippen LogP contribution in [0, 0.1) is 0 Å². The van der Waals surface area contributed by atoms with E-state index in [1.54, 1.807) is 0 Å². The Morgan fingerprint density at radius 2 is 1.33 bits per heavy atom. The minimum Gasteiger partial charge on any atom is -0.445 e. The number of rotatable bonds is 10. The van der Waals surface area contributed by atoms with Crippen molar-refractivity contribution in [3.05, 3.63) is 108 Å². The van der Waals surface area contributed by atoms with Crippen molar-refractivity contribution >= 4 is 23.8 Å². The van der Waals surface area contributed by atoms with E-state index in [2.05, 4.69) is 34.9 Å². The first-order valence-corrected chi connectivity index (χ1v) is 12.0. The zero-order chi connectivity index (χ0) is 23.5. The predicted octanol–water partition coefficient (Wildman–Crippen LogP) is 5.33. The fourth-order valence-electron chi connectivity index (χ4n) is 3.40. The van der Waals surface area contributed by atoms with Gasteiger partial charge in [0.15, 0.2) is 5.37 Å². The van der Waals surface area contributed by atoms with E-state index in [4.69, 9.17) is 4.74 Å². The lowest BCUT2D eigenvalue weighted by atomic mass is 9.91. The van der Waals surface area contributed by atoms with Crippen LogP contribution in [0.15, 0.2) is 91.0 Å². The van der Waals surface area contributed by atoms with Gasteiger partial charge in [0, 0.05) is 17.7 Å². The van der Waals surface area contributed by atoms with Crippen LogP contribution < -0.4 is 10.6 Å². The smallest absolute Gasteiger partial charge is 0.408 e. The number of carbonyl (C=O) groups is 2. The molecule has 0 bridgehead atoms. The third-order valence-electron chi connectivity index (χ3n) is 4.99. The lowest BCUT2D eigenvalue weighted by molar-refractivity contribution is -0.121. The first-order chi connectivity index (χ1) is 16.0. The van der Waals surface area contributed by atoms with Gasteiger partial charge in [0.1, 0.15) is 6.61 Å². The van der Waals surface area contributed by atoms with Crippen molar-refractivity contribution in [1.82, 2.24) is 10.6 Å². The molecule has 2 amide bonds. The van der Waals surface area contributed by atoms with Crippen molar-refractivity contribution in [2.75, 3.05) is 6.54 Å². The van der Waals surface area contributed by atoms with Gasteiger partial charge in [-0.25, -0.2) is 4.79 Å². The predicted molar refractivity (Wildman–Crippen MR) is 134 cm³/mol. The highest BCUT2D eigenvalue weighted by Crippen LogP contribution is 2.24. The minimum atomic E-state index is -0.750. The lowest BCUT2D eigenvalue weighted by Gasteiger charge is -2.23. The topological polar surface area (TPSA) is 67.4 Å². The molecule has 1 atom stereocenters. The molecule has 0 saturated heterocycles. The summed E-state index contributed by atoms with van der Waals surface area (Å²) in [5.41, 5.74) is 3.12. The number of nitrogens with one attached hydrogen (secondary N) is 2. The molecule has 0 aromatic heterocycles. The summed E-state index contributed by atoms with van der Waals surface area (Å²) in [5, 5.41) is 5.14. The zero-order valence-corrected chi connectivity index (χ0v) is 19.8. The Morgan fingerprint density at radius 1 is 0.818 bits per heavy atom. The number of benzene rings is 3. The van der Waals surface area contributed by atoms with Crippen LogP contribution in [0.5, 0.6) is 0 Å². The average Bonchev–Trinajstić information content (AvgIpc) is 2.84. The molecule has 3 aromatic rings. The second-order valence-electron chi connectivity index (χ2n) is 7.89. The molecule has 33 heavy (non-hydrogen) atoms. The number of carbonyl (C=O) groups excluding carboxylic acids is 2. The molecular weight excluding hydrogens is 432 g/mol. The third-order valence-corrected chi connectivity index (χ3v) is 6.14. The molecule has 1 unspecified atom stereocenters. The molecule has 0 heterocycles. The van der Waals surface area contributed by atoms with Gasteiger partial charge in [-0.05, 0) is 16.7 Å². The van der Waals surface area contributed by atoms with Crippen molar-refractivity contribution in [1.29, 1.82) is 0 Å². The molecule has 0 aliphatic rings. The molecule has 0 fully saturated rings. The third kappa shape index (κ3) is 7.99. The van der Waals surface area contributed by atoms with Gasteiger partial charge in [-0.15, -0.1) is 11.8 Å². The Kier molecular flexibility index (Phi) is 9.39. The summed E-state index contributed by atoms with van der Waals surface area (Å²) >= 11 is 1.38. The highest BCUT2D eigenvalue weighted by atomic mass is 32.2. The summed E-state index contributed by atoms with van der Waals surface area (Å²) in [6, 6.07) is 29.6. The number of hydrogen-bond acceptors (Lipinski definition) is 4. The van der Waals surface area contributed by atoms with Crippen LogP contribution in [0.2, 0.25) is 0 Å². The monoisotopic (exact) mass is 462 g/mol. The van der Waals surface area contributed by atoms with Crippen LogP contribution in [0.25, 0.3) is 0 Å². The molecule has 6 heteroatoms. The minimum absolute atomic E-state index is 0.00563. The second kappa shape index (κ2) is 12.7. The van der Waals surface area contributed by atoms with Crippen LogP contribution in [0.3, 0.4) is 0 Å². The van der Waals surface area contributed by atoms with E-state index in [9.17, 15) is 9.59 Å². The largest absolute Gasteiger partial charge is 0.445 e. The Balaban J connectivity index is 1.63. The van der Waals surface area contributed by atoms with Gasteiger partial charge >= 0.3 is 6.09 Å². The molecule has 3 rings (SSSR count). The summed E-state index contributed by atoms with van der Waals surface area (Å²) in [6.07, 6.45) is -0.616. The Morgan fingerprint density at radius 3 is 1.85 bits per heavy atom. The van der Waals surface area contributed by atoms with Crippen molar-refractivity contribution in [3.63, 3.8) is 0 Å². The highest BCUT2D eigenvalue weighted by Gasteiger charge is 2.24. The Labute approximate surface area is 199 Å². The molecule has 0 saturated carbocycles. The van der Waals surface area contributed by atoms with E-state index in [-0.39, 0.29) is 23.7 Å². The first-order valence-electron chi connectivity index (χ1n) is 11.0. The van der Waals surface area contributed by atoms with Crippen LogP contribution in [-0.4, -0.2) is 29.2 Å². The normalized spacial score (nSPS) is 11.8. The Bertz CT molecular complexity index is 958. The SMILES string of the molecule is CC(C)SC(NC(=O)OCc1ccccc1)C(=O)NCC(c1ccccc1)c1ccccc1. The molecule has 2 N–H and O–H groups in total. The van der Waals surface area contributed by atoms with E-state index in [1.807, 2.05) is 80.6 Å². The van der Waals surface area contributed by atoms with Crippen molar-refractivity contribution in [2.45, 2.75) is 37.0 Å². The van der Waals surface area contributed by atoms with Crippen LogP contribution >= 0.6 is 11.8 Å². The van der Waals surface area contributed by atoms with E-state index in [0.29, 0.717) is 6.54 Å². The molecule has 5 nitrogen and oxygen atoms in total. The summed E-state index contributed by atoms with van der Waals surface area (Å²) in [5.74, 6) is -0.242. The van der Waals surface area contributed by atoms with Crippen LogP contribution in [-0.2, 0) is 16.1 Å². The maximum Gasteiger partial charge on any atom is 0.408 e. The quantitative estimate of drug-likeness (QED) is 0.400. The van der Waals surface area contributed by atoms with Crippen molar-refractivity contribution < 1.29 is 14.3 Å². The zero-order valence-electron chi connectivity index (χ0n) is 18.9. The van der Waals surface area contributed by atoms with Gasteiger partial charge in [-0.1, -0.05) is 105 Å². The average molecular weight is 463 g/mol. The standard InChI is InChI=1S/C27H30N2O3S/c1-20(2)33-26(29-27(31)32-19-21-12-6-3-7-13-21)25(30)28-18-24(22-14-8-4-9-15-22)23-16-10-5-11-17-23/h3-17,20,24,26H,18-19H2,1-2H3,(H,28,30)(H,29,31). The fourth-order valence-corrected chi connectivity index (χ4v) is 4.32. The number of alkyl carbamates (subject to hydrolysis) is 1. The molecule has 3 aromatic carbocycles. The molecular formula is C27H30N2O3S. The summed E-state index contributed by atoms with van der Waals surface area (Å²) < 4.78 is 5.31. The van der Waals surface area contributed by atoms with E-state index < -0.39 is 11.5 Å². The number of amides is 2. The van der Waals surface area contributed by atoms with E-state index in [0.717, 1.165) is 16.7 Å². The Hall–Kier alpha value is -3.25. The van der Waals surface area contributed by atoms with Gasteiger partial charge in [0.05, 0.1) is 0 Å². The lowest BCUT2D eigenvalue weighted by Crippen LogP contribution is -2.46. The number of hydrogen-bond donors (Lipinski definition) is 2. The van der Waals surface area contributed by atoms with Crippen LogP contribution in [0.4, 0.5) is 4.79 Å². The molecule has 0 aliphatic carbocycles. The first kappa shape index (κ1) is 24.4. The van der Waals surface area contributed by atoms with Gasteiger partial charge in [-0.2, -0.15) is 0 Å². The van der Waals surface area contributed by atoms with Crippen molar-refractivity contribution in [2.24, 2.45) is 0 Å². The second-order valence-corrected chi connectivity index (χ2v) is 9.58. The maximum absolute atomic E-state index is 13.1. The summed E-state index contributed by atoms with van der Waals surface area (Å²) in [4.78, 5) is 25.4. The van der Waals surface area contributed by atoms with Gasteiger partial charge < -0.3 is 15.4 Å². The maximum atomic E-state index is 13.1. The number of ether oxygens (including phenoxy) is 1. The fraction of sp³-hybridized carbons (Fsp3) is 0.259. The summed E-state index contributed by atoms with van der Waals surface area (Å²) in [7, 11) is 0. The van der Waals surface area contributed by atoms with E-state index >= 15 is 0 Å². The summed E-state index contributed by atoms with van der Waals surface area (Å²) in [6.45, 7) is 4.54. The van der Waals surface area contributed by atoms with Crippen molar-refractivity contribution in [3.8, 4) is 0 Å². The highest BCUT2D eigenvalue weighted by molar-refractivity contribution is 8.01. The molecule has 0 spiro atoms. The van der Waals surface area contributed by atoms with Gasteiger partial charge in [0.2, 0.25) is 0 Å². The van der Waals surface area contributed by atoms with E-state index in [1.165, 1.54) is 11.8 Å². The molecule has 0 radical (unpaired) electrons. The van der Waals surface area contributed by atoms with Gasteiger partial charge in [0.25, 0.3) is 5.91 Å². The number of thioether (sulfide) groups is 1.